The number of hydrogen-bond acceptors (Lipinski definition) is 3. The first kappa shape index (κ1) is 15.7. The number of carbonyl (C=O) groups is 1. The lowest BCUT2D eigenvalue weighted by Crippen LogP contribution is -2.23. The monoisotopic (exact) mass is 348 g/mol. The Labute approximate surface area is 148 Å². The number of ether oxygens (including phenoxy) is 1. The molecule has 1 heterocycles. The third-order valence-electron chi connectivity index (χ3n) is 4.44. The SMILES string of the molecule is COc1cc(C(=O)[O-])c(-[s+]2c3ccccc3c3ccccc32)cc1C. The van der Waals surface area contributed by atoms with Crippen molar-refractivity contribution in [3.05, 3.63) is 71.8 Å². The first-order chi connectivity index (χ1) is 12.1. The molecule has 0 saturated heterocycles. The standard InChI is InChI=1S/C21H16O3S/c1-13-11-20(16(21(22)23)12-17(13)24-2)25-18-9-5-3-7-14(18)15-8-4-6-10-19(15)25/h3-12H,1-2H3. The molecule has 0 radical (unpaired) electrons. The van der Waals surface area contributed by atoms with E-state index >= 15 is 0 Å². The molecule has 0 aliphatic rings. The largest absolute Gasteiger partial charge is 0.545 e. The van der Waals surface area contributed by atoms with Crippen molar-refractivity contribution in [1.82, 2.24) is 0 Å². The zero-order valence-corrected chi connectivity index (χ0v) is 14.7. The van der Waals surface area contributed by atoms with E-state index in [0.717, 1.165) is 19.9 Å². The van der Waals surface area contributed by atoms with E-state index in [4.69, 9.17) is 4.74 Å². The van der Waals surface area contributed by atoms with Gasteiger partial charge in [0.25, 0.3) is 0 Å². The van der Waals surface area contributed by atoms with Crippen LogP contribution in [0.15, 0.2) is 60.7 Å². The lowest BCUT2D eigenvalue weighted by molar-refractivity contribution is -0.254. The first-order valence-corrected chi connectivity index (χ1v) is 9.17. The maximum Gasteiger partial charge on any atom is 0.189 e. The number of carbonyl (C=O) groups excluding carboxylic acids is 1. The Morgan fingerprint density at radius 1 is 0.960 bits per heavy atom. The van der Waals surface area contributed by atoms with Gasteiger partial charge in [0, 0.05) is 27.3 Å². The van der Waals surface area contributed by atoms with Gasteiger partial charge in [0.05, 0.1) is 18.6 Å². The number of thiophene rings is 1. The van der Waals surface area contributed by atoms with E-state index in [1.165, 1.54) is 10.8 Å². The van der Waals surface area contributed by atoms with Gasteiger partial charge in [-0.2, -0.15) is 0 Å². The van der Waals surface area contributed by atoms with Crippen molar-refractivity contribution in [1.29, 1.82) is 0 Å². The summed E-state index contributed by atoms with van der Waals surface area (Å²) in [6.07, 6.45) is 0. The number of carboxylic acids is 1. The molecule has 1 aromatic heterocycles. The molecule has 0 fully saturated rings. The van der Waals surface area contributed by atoms with Gasteiger partial charge in [0.15, 0.2) is 14.3 Å². The highest BCUT2D eigenvalue weighted by Gasteiger charge is 2.27. The number of aryl methyl sites for hydroxylation is 1. The van der Waals surface area contributed by atoms with Crippen LogP contribution >= 0.6 is 10.5 Å². The molecular weight excluding hydrogens is 332 g/mol. The fourth-order valence-electron chi connectivity index (χ4n) is 3.30. The van der Waals surface area contributed by atoms with Crippen molar-refractivity contribution < 1.29 is 14.6 Å². The molecule has 0 unspecified atom stereocenters. The average molecular weight is 348 g/mol. The minimum atomic E-state index is -1.18. The number of benzene rings is 3. The lowest BCUT2D eigenvalue weighted by Gasteiger charge is -2.10. The van der Waals surface area contributed by atoms with Crippen molar-refractivity contribution in [2.45, 2.75) is 6.92 Å². The molecule has 0 atom stereocenters. The highest BCUT2D eigenvalue weighted by Crippen LogP contribution is 2.50. The van der Waals surface area contributed by atoms with E-state index in [9.17, 15) is 9.90 Å². The molecular formula is C21H16O3S. The number of rotatable bonds is 3. The minimum Gasteiger partial charge on any atom is -0.545 e. The molecule has 0 spiro atoms. The number of carboxylic acid groups (broad SMARTS) is 1. The molecule has 0 saturated carbocycles. The molecule has 0 bridgehead atoms. The van der Waals surface area contributed by atoms with Crippen molar-refractivity contribution in [2.75, 3.05) is 7.11 Å². The average Bonchev–Trinajstić information content (AvgIpc) is 2.95. The second-order valence-electron chi connectivity index (χ2n) is 5.90. The van der Waals surface area contributed by atoms with Crippen LogP contribution < -0.4 is 9.84 Å². The molecule has 4 aromatic rings. The molecule has 3 nitrogen and oxygen atoms in total. The highest BCUT2D eigenvalue weighted by atomic mass is 32.2. The molecule has 0 amide bonds. The Hall–Kier alpha value is -2.85. The van der Waals surface area contributed by atoms with E-state index in [1.807, 2.05) is 37.3 Å². The van der Waals surface area contributed by atoms with Crippen LogP contribution in [-0.4, -0.2) is 13.1 Å². The van der Waals surface area contributed by atoms with Gasteiger partial charge in [0.2, 0.25) is 0 Å². The molecule has 0 aliphatic carbocycles. The Bertz CT molecular complexity index is 1070. The Kier molecular flexibility index (Phi) is 3.70. The molecule has 0 aliphatic heterocycles. The Morgan fingerprint density at radius 3 is 2.04 bits per heavy atom. The molecule has 0 N–H and O–H groups in total. The van der Waals surface area contributed by atoms with Gasteiger partial charge in [-0.05, 0) is 42.8 Å². The van der Waals surface area contributed by atoms with Crippen molar-refractivity contribution in [3.63, 3.8) is 0 Å². The third-order valence-corrected chi connectivity index (χ3v) is 6.81. The summed E-state index contributed by atoms with van der Waals surface area (Å²) in [5.74, 6) is -0.616. The van der Waals surface area contributed by atoms with Crippen LogP contribution in [0.2, 0.25) is 0 Å². The van der Waals surface area contributed by atoms with Gasteiger partial charge in [-0.1, -0.05) is 24.3 Å². The summed E-state index contributed by atoms with van der Waals surface area (Å²) >= 11 is 0. The van der Waals surface area contributed by atoms with Gasteiger partial charge in [-0.15, -0.1) is 0 Å². The van der Waals surface area contributed by atoms with E-state index in [-0.39, 0.29) is 5.56 Å². The number of hydrogen-bond donors (Lipinski definition) is 0. The van der Waals surface area contributed by atoms with E-state index in [1.54, 1.807) is 13.2 Å². The number of fused-ring (bicyclic) bond motifs is 3. The Balaban J connectivity index is 2.18. The van der Waals surface area contributed by atoms with Crippen LogP contribution in [-0.2, 0) is 0 Å². The molecule has 124 valence electrons. The summed E-state index contributed by atoms with van der Waals surface area (Å²) in [4.78, 5) is 12.6. The fraction of sp³-hybridized carbons (Fsp3) is 0.0952. The quantitative estimate of drug-likeness (QED) is 0.515. The highest BCUT2D eigenvalue weighted by molar-refractivity contribution is 7.50. The van der Waals surface area contributed by atoms with Gasteiger partial charge in [0.1, 0.15) is 5.75 Å². The van der Waals surface area contributed by atoms with Gasteiger partial charge in [-0.25, -0.2) is 0 Å². The van der Waals surface area contributed by atoms with Crippen molar-refractivity contribution >= 4 is 36.6 Å². The van der Waals surface area contributed by atoms with Crippen LogP contribution in [0, 0.1) is 6.92 Å². The normalized spacial score (nSPS) is 11.1. The molecule has 4 rings (SSSR count). The van der Waals surface area contributed by atoms with E-state index in [2.05, 4.69) is 24.3 Å². The van der Waals surface area contributed by atoms with Crippen LogP contribution in [0.25, 0.3) is 25.1 Å². The van der Waals surface area contributed by atoms with Crippen molar-refractivity contribution in [3.8, 4) is 10.6 Å². The summed E-state index contributed by atoms with van der Waals surface area (Å²) in [5, 5.41) is 14.2. The zero-order valence-electron chi connectivity index (χ0n) is 13.9. The maximum absolute atomic E-state index is 11.8. The first-order valence-electron chi connectivity index (χ1n) is 7.94. The van der Waals surface area contributed by atoms with E-state index in [0.29, 0.717) is 5.75 Å². The summed E-state index contributed by atoms with van der Waals surface area (Å²) in [6.45, 7) is 1.93. The van der Waals surface area contributed by atoms with Crippen LogP contribution in [0.1, 0.15) is 15.9 Å². The summed E-state index contributed by atoms with van der Waals surface area (Å²) < 4.78 is 7.60. The second-order valence-corrected chi connectivity index (χ2v) is 7.84. The Morgan fingerprint density at radius 2 is 1.52 bits per heavy atom. The number of aromatic carboxylic acids is 1. The minimum absolute atomic E-state index is 0.192. The molecule has 3 aromatic carbocycles. The molecule has 4 heteroatoms. The third kappa shape index (κ3) is 2.37. The maximum atomic E-state index is 11.8. The second kappa shape index (κ2) is 5.90. The fourth-order valence-corrected chi connectivity index (χ4v) is 5.89. The predicted octanol–water partition coefficient (Wildman–Crippen LogP) is 4.41. The summed E-state index contributed by atoms with van der Waals surface area (Å²) in [6, 6.07) is 19.9. The zero-order chi connectivity index (χ0) is 17.6. The lowest BCUT2D eigenvalue weighted by atomic mass is 10.1. The summed E-state index contributed by atoms with van der Waals surface area (Å²) in [7, 11) is 1.08. The smallest absolute Gasteiger partial charge is 0.189 e. The summed E-state index contributed by atoms with van der Waals surface area (Å²) in [5.41, 5.74) is 1.11. The molecule has 25 heavy (non-hydrogen) atoms. The number of methoxy groups -OCH3 is 1. The van der Waals surface area contributed by atoms with Gasteiger partial charge in [-0.3, -0.25) is 0 Å². The van der Waals surface area contributed by atoms with Crippen molar-refractivity contribution in [2.24, 2.45) is 0 Å². The van der Waals surface area contributed by atoms with Gasteiger partial charge >= 0.3 is 0 Å². The topological polar surface area (TPSA) is 49.4 Å². The van der Waals surface area contributed by atoms with E-state index < -0.39 is 16.4 Å². The van der Waals surface area contributed by atoms with Crippen LogP contribution in [0.3, 0.4) is 0 Å². The van der Waals surface area contributed by atoms with Crippen LogP contribution in [0.4, 0.5) is 0 Å². The van der Waals surface area contributed by atoms with Crippen LogP contribution in [0.5, 0.6) is 5.75 Å². The van der Waals surface area contributed by atoms with Gasteiger partial charge < -0.3 is 14.6 Å². The predicted molar refractivity (Wildman–Crippen MR) is 101 cm³/mol.